The van der Waals surface area contributed by atoms with Gasteiger partial charge in [-0.25, -0.2) is 0 Å². The van der Waals surface area contributed by atoms with E-state index in [0.29, 0.717) is 12.5 Å². The van der Waals surface area contributed by atoms with Crippen molar-refractivity contribution in [2.24, 2.45) is 5.92 Å². The maximum absolute atomic E-state index is 9.68. The molecule has 0 spiro atoms. The Hall–Kier alpha value is -0.120. The van der Waals surface area contributed by atoms with Crippen molar-refractivity contribution < 1.29 is 14.6 Å². The first kappa shape index (κ1) is 12.0. The summed E-state index contributed by atoms with van der Waals surface area (Å²) in [6.45, 7) is 6.14. The SMILES string of the molecule is CC(C)OCC(O)CC1CCOCC1. The summed E-state index contributed by atoms with van der Waals surface area (Å²) >= 11 is 0. The van der Waals surface area contributed by atoms with Crippen molar-refractivity contribution in [3.8, 4) is 0 Å². The van der Waals surface area contributed by atoms with Crippen LogP contribution in [0.25, 0.3) is 0 Å². The fourth-order valence-electron chi connectivity index (χ4n) is 1.74. The number of hydrogen-bond acceptors (Lipinski definition) is 3. The number of rotatable bonds is 5. The van der Waals surface area contributed by atoms with E-state index in [4.69, 9.17) is 9.47 Å². The zero-order valence-corrected chi connectivity index (χ0v) is 9.24. The van der Waals surface area contributed by atoms with E-state index in [1.54, 1.807) is 0 Å². The van der Waals surface area contributed by atoms with Gasteiger partial charge < -0.3 is 14.6 Å². The molecule has 1 fully saturated rings. The normalized spacial score (nSPS) is 21.4. The van der Waals surface area contributed by atoms with E-state index in [9.17, 15) is 5.11 Å². The molecule has 3 nitrogen and oxygen atoms in total. The third kappa shape index (κ3) is 4.94. The molecule has 1 rings (SSSR count). The van der Waals surface area contributed by atoms with Crippen LogP contribution in [0.4, 0.5) is 0 Å². The Morgan fingerprint density at radius 1 is 1.36 bits per heavy atom. The maximum atomic E-state index is 9.68. The Labute approximate surface area is 86.4 Å². The summed E-state index contributed by atoms with van der Waals surface area (Å²) in [6, 6.07) is 0. The number of ether oxygens (including phenoxy) is 2. The summed E-state index contributed by atoms with van der Waals surface area (Å²) in [5.41, 5.74) is 0. The highest BCUT2D eigenvalue weighted by Crippen LogP contribution is 2.20. The van der Waals surface area contributed by atoms with E-state index in [-0.39, 0.29) is 12.2 Å². The molecule has 1 aliphatic rings. The summed E-state index contributed by atoms with van der Waals surface area (Å²) in [4.78, 5) is 0. The van der Waals surface area contributed by atoms with Gasteiger partial charge in [0.25, 0.3) is 0 Å². The molecule has 3 heteroatoms. The third-order valence-corrected chi connectivity index (χ3v) is 2.57. The zero-order chi connectivity index (χ0) is 10.4. The van der Waals surface area contributed by atoms with Crippen molar-refractivity contribution in [1.82, 2.24) is 0 Å². The fourth-order valence-corrected chi connectivity index (χ4v) is 1.74. The second kappa shape index (κ2) is 6.38. The molecule has 0 aromatic heterocycles. The Balaban J connectivity index is 2.09. The zero-order valence-electron chi connectivity index (χ0n) is 9.24. The van der Waals surface area contributed by atoms with E-state index in [2.05, 4.69) is 0 Å². The fraction of sp³-hybridized carbons (Fsp3) is 1.00. The predicted molar refractivity (Wildman–Crippen MR) is 55.3 cm³/mol. The van der Waals surface area contributed by atoms with Gasteiger partial charge in [0.2, 0.25) is 0 Å². The molecular formula is C11H22O3. The molecule has 1 atom stereocenters. The number of hydrogen-bond donors (Lipinski definition) is 1. The van der Waals surface area contributed by atoms with Gasteiger partial charge in [-0.2, -0.15) is 0 Å². The number of aliphatic hydroxyl groups excluding tert-OH is 1. The first-order valence-corrected chi connectivity index (χ1v) is 5.56. The lowest BCUT2D eigenvalue weighted by Crippen LogP contribution is -2.25. The van der Waals surface area contributed by atoms with Crippen molar-refractivity contribution >= 4 is 0 Å². The van der Waals surface area contributed by atoms with Crippen LogP contribution in [0.5, 0.6) is 0 Å². The van der Waals surface area contributed by atoms with Crippen molar-refractivity contribution in [2.45, 2.75) is 45.3 Å². The van der Waals surface area contributed by atoms with Crippen LogP contribution < -0.4 is 0 Å². The van der Waals surface area contributed by atoms with E-state index in [1.165, 1.54) is 0 Å². The Bertz CT molecular complexity index is 141. The van der Waals surface area contributed by atoms with Gasteiger partial charge in [-0.3, -0.25) is 0 Å². The van der Waals surface area contributed by atoms with Crippen LogP contribution in [0.15, 0.2) is 0 Å². The average Bonchev–Trinajstić information content (AvgIpc) is 2.16. The van der Waals surface area contributed by atoms with Gasteiger partial charge in [-0.15, -0.1) is 0 Å². The Morgan fingerprint density at radius 2 is 2.00 bits per heavy atom. The minimum Gasteiger partial charge on any atom is -0.391 e. The third-order valence-electron chi connectivity index (χ3n) is 2.57. The monoisotopic (exact) mass is 202 g/mol. The van der Waals surface area contributed by atoms with E-state index >= 15 is 0 Å². The highest BCUT2D eigenvalue weighted by Gasteiger charge is 2.17. The van der Waals surface area contributed by atoms with Crippen LogP contribution in [-0.2, 0) is 9.47 Å². The molecule has 0 bridgehead atoms. The lowest BCUT2D eigenvalue weighted by Gasteiger charge is -2.24. The molecule has 0 saturated carbocycles. The largest absolute Gasteiger partial charge is 0.391 e. The molecule has 14 heavy (non-hydrogen) atoms. The molecule has 0 aliphatic carbocycles. The van der Waals surface area contributed by atoms with E-state index in [0.717, 1.165) is 32.5 Å². The molecule has 84 valence electrons. The molecule has 1 saturated heterocycles. The molecule has 0 aromatic carbocycles. The van der Waals surface area contributed by atoms with Gasteiger partial charge >= 0.3 is 0 Å². The van der Waals surface area contributed by atoms with Crippen molar-refractivity contribution in [3.63, 3.8) is 0 Å². The molecule has 1 unspecified atom stereocenters. The lowest BCUT2D eigenvalue weighted by atomic mass is 9.94. The van der Waals surface area contributed by atoms with E-state index < -0.39 is 0 Å². The van der Waals surface area contributed by atoms with Gasteiger partial charge in [-0.05, 0) is 39.0 Å². The predicted octanol–water partition coefficient (Wildman–Crippen LogP) is 1.59. The summed E-state index contributed by atoms with van der Waals surface area (Å²) in [5, 5.41) is 9.68. The summed E-state index contributed by atoms with van der Waals surface area (Å²) in [6.07, 6.45) is 2.92. The number of aliphatic hydroxyl groups is 1. The molecule has 0 radical (unpaired) electrons. The molecular weight excluding hydrogens is 180 g/mol. The summed E-state index contributed by atoms with van der Waals surface area (Å²) < 4.78 is 10.6. The van der Waals surface area contributed by atoms with Gasteiger partial charge in [0.1, 0.15) is 0 Å². The topological polar surface area (TPSA) is 38.7 Å². The minimum absolute atomic E-state index is 0.208. The molecule has 1 heterocycles. The quantitative estimate of drug-likeness (QED) is 0.735. The van der Waals surface area contributed by atoms with Crippen LogP contribution in [0.2, 0.25) is 0 Å². The van der Waals surface area contributed by atoms with Crippen LogP contribution >= 0.6 is 0 Å². The highest BCUT2D eigenvalue weighted by molar-refractivity contribution is 4.68. The van der Waals surface area contributed by atoms with Gasteiger partial charge in [-0.1, -0.05) is 0 Å². The summed E-state index contributed by atoms with van der Waals surface area (Å²) in [7, 11) is 0. The Morgan fingerprint density at radius 3 is 2.57 bits per heavy atom. The first-order chi connectivity index (χ1) is 6.68. The smallest absolute Gasteiger partial charge is 0.0776 e. The van der Waals surface area contributed by atoms with Crippen LogP contribution in [0, 0.1) is 5.92 Å². The molecule has 1 N–H and O–H groups in total. The minimum atomic E-state index is -0.305. The van der Waals surface area contributed by atoms with Crippen molar-refractivity contribution in [2.75, 3.05) is 19.8 Å². The van der Waals surface area contributed by atoms with Gasteiger partial charge in [0, 0.05) is 13.2 Å². The molecule has 0 amide bonds. The second-order valence-electron chi connectivity index (χ2n) is 4.33. The Kier molecular flexibility index (Phi) is 5.45. The lowest BCUT2D eigenvalue weighted by molar-refractivity contribution is -0.0155. The average molecular weight is 202 g/mol. The van der Waals surface area contributed by atoms with Crippen molar-refractivity contribution in [1.29, 1.82) is 0 Å². The van der Waals surface area contributed by atoms with Crippen LogP contribution in [-0.4, -0.2) is 37.1 Å². The second-order valence-corrected chi connectivity index (χ2v) is 4.33. The molecule has 0 aromatic rings. The highest BCUT2D eigenvalue weighted by atomic mass is 16.5. The van der Waals surface area contributed by atoms with E-state index in [1.807, 2.05) is 13.8 Å². The van der Waals surface area contributed by atoms with Gasteiger partial charge in [0.15, 0.2) is 0 Å². The van der Waals surface area contributed by atoms with Crippen LogP contribution in [0.3, 0.4) is 0 Å². The van der Waals surface area contributed by atoms with Crippen molar-refractivity contribution in [3.05, 3.63) is 0 Å². The van der Waals surface area contributed by atoms with Gasteiger partial charge in [0.05, 0.1) is 18.8 Å². The van der Waals surface area contributed by atoms with Crippen LogP contribution in [0.1, 0.15) is 33.1 Å². The summed E-state index contributed by atoms with van der Waals surface area (Å²) in [5.74, 6) is 0.620. The molecule has 1 aliphatic heterocycles. The standard InChI is InChI=1S/C11H22O3/c1-9(2)14-8-11(12)7-10-3-5-13-6-4-10/h9-12H,3-8H2,1-2H3. The first-order valence-electron chi connectivity index (χ1n) is 5.56. The maximum Gasteiger partial charge on any atom is 0.0776 e.